The molecule has 0 aliphatic carbocycles. The van der Waals surface area contributed by atoms with Crippen LogP contribution in [0.2, 0.25) is 0 Å². The minimum atomic E-state index is 0.352. The van der Waals surface area contributed by atoms with Gasteiger partial charge in [0.1, 0.15) is 0 Å². The lowest BCUT2D eigenvalue weighted by Gasteiger charge is -2.29. The summed E-state index contributed by atoms with van der Waals surface area (Å²) < 4.78 is 0. The molecule has 1 rings (SSSR count). The van der Waals surface area contributed by atoms with E-state index >= 15 is 0 Å². The summed E-state index contributed by atoms with van der Waals surface area (Å²) in [4.78, 5) is 0. The minimum absolute atomic E-state index is 0.352. The molecule has 18 heavy (non-hydrogen) atoms. The lowest BCUT2D eigenvalue weighted by Crippen LogP contribution is -2.33. The first-order valence-corrected chi connectivity index (χ1v) is 7.10. The van der Waals surface area contributed by atoms with Gasteiger partial charge in [0.15, 0.2) is 0 Å². The van der Waals surface area contributed by atoms with E-state index in [1.165, 1.54) is 17.5 Å². The van der Waals surface area contributed by atoms with Gasteiger partial charge in [0.05, 0.1) is 0 Å². The molecule has 0 aliphatic rings. The van der Waals surface area contributed by atoms with Crippen LogP contribution in [-0.4, -0.2) is 13.6 Å². The third kappa shape index (κ3) is 3.82. The Balaban J connectivity index is 2.87. The summed E-state index contributed by atoms with van der Waals surface area (Å²) >= 11 is 0. The van der Waals surface area contributed by atoms with Crippen LogP contribution >= 0.6 is 0 Å². The fourth-order valence-corrected chi connectivity index (χ4v) is 2.60. The molecule has 0 heterocycles. The fraction of sp³-hybridized carbons (Fsp3) is 0.625. The molecule has 0 aromatic heterocycles. The van der Waals surface area contributed by atoms with Gasteiger partial charge < -0.3 is 11.1 Å². The van der Waals surface area contributed by atoms with Crippen LogP contribution in [0.15, 0.2) is 24.3 Å². The zero-order valence-electron chi connectivity index (χ0n) is 12.2. The number of nitrogens with one attached hydrogen (secondary N) is 1. The highest BCUT2D eigenvalue weighted by Crippen LogP contribution is 2.27. The summed E-state index contributed by atoms with van der Waals surface area (Å²) in [5.74, 6) is 1.06. The molecule has 2 heteroatoms. The predicted octanol–water partition coefficient (Wildman–Crippen LogP) is 3.13. The predicted molar refractivity (Wildman–Crippen MR) is 79.6 cm³/mol. The van der Waals surface area contributed by atoms with Crippen LogP contribution in [0.1, 0.15) is 44.4 Å². The van der Waals surface area contributed by atoms with Gasteiger partial charge in [-0.3, -0.25) is 0 Å². The lowest BCUT2D eigenvalue weighted by atomic mass is 9.84. The van der Waals surface area contributed by atoms with E-state index in [4.69, 9.17) is 5.73 Å². The molecule has 0 bridgehead atoms. The molecule has 2 unspecified atom stereocenters. The number of hydrogen-bond donors (Lipinski definition) is 2. The second-order valence-electron chi connectivity index (χ2n) is 5.40. The largest absolute Gasteiger partial charge is 0.330 e. The normalized spacial score (nSPS) is 14.8. The zero-order valence-corrected chi connectivity index (χ0v) is 12.2. The fourth-order valence-electron chi connectivity index (χ4n) is 2.60. The van der Waals surface area contributed by atoms with Crippen LogP contribution < -0.4 is 11.1 Å². The third-order valence-corrected chi connectivity index (χ3v) is 3.75. The zero-order chi connectivity index (χ0) is 13.5. The van der Waals surface area contributed by atoms with Crippen LogP contribution in [0.4, 0.5) is 0 Å². The Bertz CT molecular complexity index is 329. The summed E-state index contributed by atoms with van der Waals surface area (Å²) in [6.07, 6.45) is 2.36. The van der Waals surface area contributed by atoms with Crippen LogP contribution in [0.3, 0.4) is 0 Å². The Morgan fingerprint density at radius 3 is 2.17 bits per heavy atom. The first-order valence-electron chi connectivity index (χ1n) is 7.10. The molecule has 2 atom stereocenters. The molecule has 102 valence electrons. The van der Waals surface area contributed by atoms with E-state index in [0.717, 1.165) is 13.0 Å². The van der Waals surface area contributed by atoms with Crippen molar-refractivity contribution in [3.8, 4) is 0 Å². The van der Waals surface area contributed by atoms with Crippen LogP contribution in [0.25, 0.3) is 0 Å². The molecule has 3 N–H and O–H groups in total. The Morgan fingerprint density at radius 1 is 1.17 bits per heavy atom. The van der Waals surface area contributed by atoms with Crippen molar-refractivity contribution >= 4 is 0 Å². The first-order chi connectivity index (χ1) is 8.63. The van der Waals surface area contributed by atoms with Crippen LogP contribution in [0.5, 0.6) is 0 Å². The van der Waals surface area contributed by atoms with E-state index in [1.54, 1.807) is 0 Å². The maximum Gasteiger partial charge on any atom is 0.0360 e. The summed E-state index contributed by atoms with van der Waals surface area (Å²) in [6.45, 7) is 7.42. The molecule has 0 saturated heterocycles. The van der Waals surface area contributed by atoms with Gasteiger partial charge in [0.25, 0.3) is 0 Å². The SMILES string of the molecule is CCCc1ccc(C(NC)C(CN)C(C)C)cc1. The number of nitrogens with two attached hydrogens (primary N) is 1. The average molecular weight is 248 g/mol. The quantitative estimate of drug-likeness (QED) is 0.778. The van der Waals surface area contributed by atoms with Gasteiger partial charge in [-0.05, 0) is 43.0 Å². The van der Waals surface area contributed by atoms with Crippen molar-refractivity contribution in [3.63, 3.8) is 0 Å². The molecule has 0 aliphatic heterocycles. The smallest absolute Gasteiger partial charge is 0.0360 e. The van der Waals surface area contributed by atoms with Gasteiger partial charge in [-0.25, -0.2) is 0 Å². The van der Waals surface area contributed by atoms with Crippen molar-refractivity contribution in [3.05, 3.63) is 35.4 Å². The van der Waals surface area contributed by atoms with Gasteiger partial charge >= 0.3 is 0 Å². The van der Waals surface area contributed by atoms with E-state index in [2.05, 4.69) is 50.4 Å². The highest BCUT2D eigenvalue weighted by Gasteiger charge is 2.23. The Labute approximate surface area is 112 Å². The van der Waals surface area contributed by atoms with Crippen molar-refractivity contribution in [2.24, 2.45) is 17.6 Å². The van der Waals surface area contributed by atoms with Gasteiger partial charge in [-0.15, -0.1) is 0 Å². The van der Waals surface area contributed by atoms with Crippen molar-refractivity contribution < 1.29 is 0 Å². The van der Waals surface area contributed by atoms with Crippen molar-refractivity contribution in [2.45, 2.75) is 39.7 Å². The lowest BCUT2D eigenvalue weighted by molar-refractivity contribution is 0.299. The Kier molecular flexibility index (Phi) is 6.37. The molecule has 0 fully saturated rings. The monoisotopic (exact) mass is 248 g/mol. The van der Waals surface area contributed by atoms with Crippen molar-refractivity contribution in [1.82, 2.24) is 5.32 Å². The van der Waals surface area contributed by atoms with Crippen LogP contribution in [-0.2, 0) is 6.42 Å². The molecule has 1 aromatic rings. The van der Waals surface area contributed by atoms with Gasteiger partial charge in [-0.1, -0.05) is 51.5 Å². The summed E-state index contributed by atoms with van der Waals surface area (Å²) in [7, 11) is 2.02. The number of benzene rings is 1. The van der Waals surface area contributed by atoms with E-state index < -0.39 is 0 Å². The van der Waals surface area contributed by atoms with Crippen molar-refractivity contribution in [2.75, 3.05) is 13.6 Å². The van der Waals surface area contributed by atoms with E-state index in [0.29, 0.717) is 17.9 Å². The number of hydrogen-bond acceptors (Lipinski definition) is 2. The summed E-state index contributed by atoms with van der Waals surface area (Å²) in [5, 5.41) is 3.42. The number of rotatable bonds is 7. The molecular weight excluding hydrogens is 220 g/mol. The Morgan fingerprint density at radius 2 is 1.78 bits per heavy atom. The second kappa shape index (κ2) is 7.55. The first kappa shape index (κ1) is 15.2. The molecule has 2 nitrogen and oxygen atoms in total. The van der Waals surface area contributed by atoms with Gasteiger partial charge in [0.2, 0.25) is 0 Å². The maximum absolute atomic E-state index is 5.93. The second-order valence-corrected chi connectivity index (χ2v) is 5.40. The molecular formula is C16H28N2. The topological polar surface area (TPSA) is 38.0 Å². The van der Waals surface area contributed by atoms with Crippen molar-refractivity contribution in [1.29, 1.82) is 0 Å². The summed E-state index contributed by atoms with van der Waals surface area (Å²) in [6, 6.07) is 9.34. The highest BCUT2D eigenvalue weighted by atomic mass is 14.9. The molecule has 0 spiro atoms. The molecule has 0 amide bonds. The molecule has 0 saturated carbocycles. The van der Waals surface area contributed by atoms with Crippen LogP contribution in [0, 0.1) is 11.8 Å². The van der Waals surface area contributed by atoms with E-state index in [1.807, 2.05) is 7.05 Å². The molecule has 1 aromatic carbocycles. The third-order valence-electron chi connectivity index (χ3n) is 3.75. The van der Waals surface area contributed by atoms with E-state index in [9.17, 15) is 0 Å². The average Bonchev–Trinajstić information content (AvgIpc) is 2.37. The van der Waals surface area contributed by atoms with Gasteiger partial charge in [0, 0.05) is 6.04 Å². The van der Waals surface area contributed by atoms with E-state index in [-0.39, 0.29) is 0 Å². The number of aryl methyl sites for hydroxylation is 1. The molecule has 0 radical (unpaired) electrons. The summed E-state index contributed by atoms with van der Waals surface area (Å²) in [5.41, 5.74) is 8.69. The van der Waals surface area contributed by atoms with Gasteiger partial charge in [-0.2, -0.15) is 0 Å². The highest BCUT2D eigenvalue weighted by molar-refractivity contribution is 5.25. The standard InChI is InChI=1S/C16H28N2/c1-5-6-13-7-9-14(10-8-13)16(18-4)15(11-17)12(2)3/h7-10,12,15-16,18H,5-6,11,17H2,1-4H3. The Hall–Kier alpha value is -0.860. The maximum atomic E-state index is 5.93. The minimum Gasteiger partial charge on any atom is -0.330 e.